The van der Waals surface area contributed by atoms with E-state index in [1.54, 1.807) is 18.3 Å². The molecule has 1 aliphatic heterocycles. The highest BCUT2D eigenvalue weighted by Crippen LogP contribution is 2.46. The second kappa shape index (κ2) is 7.63. The highest BCUT2D eigenvalue weighted by atomic mass is 79.9. The SMILES string of the molecule is COc1c(Br)cc(Cl)cc1[C@@H](c1c[nH]c2ccccc12)C1C(=O)OC(C)(C)OC1=O. The van der Waals surface area contributed by atoms with Crippen molar-refractivity contribution >= 4 is 50.4 Å². The maximum Gasteiger partial charge on any atom is 0.324 e. The summed E-state index contributed by atoms with van der Waals surface area (Å²) in [6.45, 7) is 3.05. The number of carbonyl (C=O) groups excluding carboxylic acids is 2. The number of H-pyrrole nitrogens is 1. The molecule has 156 valence electrons. The van der Waals surface area contributed by atoms with Crippen LogP contribution in [0.25, 0.3) is 10.9 Å². The van der Waals surface area contributed by atoms with E-state index in [9.17, 15) is 9.59 Å². The summed E-state index contributed by atoms with van der Waals surface area (Å²) < 4.78 is 17.1. The van der Waals surface area contributed by atoms with Crippen LogP contribution in [-0.4, -0.2) is 29.8 Å². The standard InChI is InChI=1S/C22H19BrClNO5/c1-22(2)29-20(26)18(21(27)30-22)17(13-8-11(24)9-15(23)19(13)28-3)14-10-25-16-7-5-4-6-12(14)16/h4-10,17-18,25H,1-3H3/t17-/m0/s1. The van der Waals surface area contributed by atoms with Crippen LogP contribution in [0.3, 0.4) is 0 Å². The van der Waals surface area contributed by atoms with Gasteiger partial charge in [-0.15, -0.1) is 0 Å². The summed E-state index contributed by atoms with van der Waals surface area (Å²) >= 11 is 9.80. The highest BCUT2D eigenvalue weighted by Gasteiger charge is 2.49. The summed E-state index contributed by atoms with van der Waals surface area (Å²) in [6, 6.07) is 11.0. The normalized spacial score (nSPS) is 17.5. The number of benzene rings is 2. The zero-order valence-corrected chi connectivity index (χ0v) is 18.8. The van der Waals surface area contributed by atoms with Crippen LogP contribution in [0, 0.1) is 5.92 Å². The lowest BCUT2D eigenvalue weighted by atomic mass is 9.79. The number of para-hydroxylation sites is 1. The number of methoxy groups -OCH3 is 1. The number of esters is 2. The van der Waals surface area contributed by atoms with Gasteiger partial charge in [-0.05, 0) is 39.7 Å². The summed E-state index contributed by atoms with van der Waals surface area (Å²) in [5.41, 5.74) is 2.17. The Balaban J connectivity index is 1.98. The number of aromatic amines is 1. The molecule has 0 bridgehead atoms. The number of rotatable bonds is 4. The lowest BCUT2D eigenvalue weighted by Crippen LogP contribution is -2.48. The Morgan fingerprint density at radius 3 is 2.47 bits per heavy atom. The van der Waals surface area contributed by atoms with Crippen LogP contribution in [0.4, 0.5) is 0 Å². The molecule has 30 heavy (non-hydrogen) atoms. The van der Waals surface area contributed by atoms with E-state index in [0.29, 0.717) is 20.8 Å². The van der Waals surface area contributed by atoms with Crippen LogP contribution in [-0.2, 0) is 19.1 Å². The largest absolute Gasteiger partial charge is 0.495 e. The van der Waals surface area contributed by atoms with Crippen molar-refractivity contribution in [3.8, 4) is 5.75 Å². The molecule has 1 N–H and O–H groups in total. The molecule has 4 rings (SSSR count). The first-order chi connectivity index (χ1) is 14.2. The number of hydrogen-bond donors (Lipinski definition) is 1. The fourth-order valence-corrected chi connectivity index (χ4v) is 4.90. The molecule has 6 nitrogen and oxygen atoms in total. The first kappa shape index (κ1) is 20.8. The van der Waals surface area contributed by atoms with Crippen molar-refractivity contribution < 1.29 is 23.8 Å². The van der Waals surface area contributed by atoms with Crippen LogP contribution >= 0.6 is 27.5 Å². The van der Waals surface area contributed by atoms with Crippen LogP contribution in [0.15, 0.2) is 47.1 Å². The summed E-state index contributed by atoms with van der Waals surface area (Å²) in [6.07, 6.45) is 1.78. The van der Waals surface area contributed by atoms with Crippen LogP contribution < -0.4 is 4.74 Å². The number of hydrogen-bond acceptors (Lipinski definition) is 5. The number of ether oxygens (including phenoxy) is 3. The molecule has 3 aromatic rings. The molecule has 0 radical (unpaired) electrons. The second-order valence-electron chi connectivity index (χ2n) is 7.50. The van der Waals surface area contributed by atoms with Gasteiger partial charge in [0.25, 0.3) is 5.79 Å². The molecule has 1 saturated heterocycles. The lowest BCUT2D eigenvalue weighted by Gasteiger charge is -2.36. The molecule has 0 spiro atoms. The van der Waals surface area contributed by atoms with Crippen molar-refractivity contribution in [1.29, 1.82) is 0 Å². The number of aromatic nitrogens is 1. The van der Waals surface area contributed by atoms with Gasteiger partial charge in [-0.25, -0.2) is 0 Å². The minimum atomic E-state index is -1.32. The lowest BCUT2D eigenvalue weighted by molar-refractivity contribution is -0.240. The second-order valence-corrected chi connectivity index (χ2v) is 8.79. The van der Waals surface area contributed by atoms with E-state index >= 15 is 0 Å². The van der Waals surface area contributed by atoms with E-state index in [1.807, 2.05) is 24.3 Å². The molecule has 2 heterocycles. The molecule has 1 atom stereocenters. The zero-order chi connectivity index (χ0) is 21.6. The van der Waals surface area contributed by atoms with Crippen molar-refractivity contribution in [3.63, 3.8) is 0 Å². The van der Waals surface area contributed by atoms with Gasteiger partial charge < -0.3 is 19.2 Å². The van der Waals surface area contributed by atoms with Gasteiger partial charge in [0, 0.05) is 47.5 Å². The topological polar surface area (TPSA) is 77.6 Å². The Morgan fingerprint density at radius 1 is 1.13 bits per heavy atom. The molecular formula is C22H19BrClNO5. The van der Waals surface area contributed by atoms with E-state index in [4.69, 9.17) is 25.8 Å². The number of nitrogens with one attached hydrogen (secondary N) is 1. The van der Waals surface area contributed by atoms with E-state index in [0.717, 1.165) is 16.5 Å². The molecule has 1 fully saturated rings. The molecule has 1 aromatic heterocycles. The summed E-state index contributed by atoms with van der Waals surface area (Å²) in [5.74, 6) is -4.15. The summed E-state index contributed by atoms with van der Waals surface area (Å²) in [4.78, 5) is 29.2. The van der Waals surface area contributed by atoms with Gasteiger partial charge in [0.1, 0.15) is 5.75 Å². The minimum absolute atomic E-state index is 0.431. The van der Waals surface area contributed by atoms with Gasteiger partial charge in [0.2, 0.25) is 0 Å². The van der Waals surface area contributed by atoms with Gasteiger partial charge in [-0.3, -0.25) is 9.59 Å². The predicted molar refractivity (Wildman–Crippen MR) is 116 cm³/mol. The number of fused-ring (bicyclic) bond motifs is 1. The van der Waals surface area contributed by atoms with Gasteiger partial charge in [0.05, 0.1) is 11.6 Å². The van der Waals surface area contributed by atoms with Crippen molar-refractivity contribution in [2.45, 2.75) is 25.6 Å². The minimum Gasteiger partial charge on any atom is -0.495 e. The van der Waals surface area contributed by atoms with Crippen molar-refractivity contribution in [2.24, 2.45) is 5.92 Å². The van der Waals surface area contributed by atoms with E-state index in [1.165, 1.54) is 21.0 Å². The molecule has 0 aliphatic carbocycles. The average Bonchev–Trinajstić information content (AvgIpc) is 3.07. The first-order valence-corrected chi connectivity index (χ1v) is 10.4. The molecule has 8 heteroatoms. The number of carbonyl (C=O) groups is 2. The Bertz CT molecular complexity index is 1140. The third-order valence-electron chi connectivity index (χ3n) is 5.07. The summed E-state index contributed by atoms with van der Waals surface area (Å²) in [7, 11) is 1.52. The third kappa shape index (κ3) is 3.56. The molecular weight excluding hydrogens is 474 g/mol. The van der Waals surface area contributed by atoms with E-state index in [-0.39, 0.29) is 0 Å². The van der Waals surface area contributed by atoms with Crippen LogP contribution in [0.5, 0.6) is 5.75 Å². The molecule has 2 aromatic carbocycles. The number of halogens is 2. The molecule has 0 saturated carbocycles. The van der Waals surface area contributed by atoms with E-state index < -0.39 is 29.6 Å². The third-order valence-corrected chi connectivity index (χ3v) is 5.87. The Labute approximate surface area is 186 Å². The average molecular weight is 493 g/mol. The van der Waals surface area contributed by atoms with Gasteiger partial charge in [-0.2, -0.15) is 0 Å². The van der Waals surface area contributed by atoms with Crippen molar-refractivity contribution in [1.82, 2.24) is 4.98 Å². The maximum atomic E-state index is 13.0. The van der Waals surface area contributed by atoms with Gasteiger partial charge in [-0.1, -0.05) is 29.8 Å². The van der Waals surface area contributed by atoms with Gasteiger partial charge in [0.15, 0.2) is 5.92 Å². The summed E-state index contributed by atoms with van der Waals surface area (Å²) in [5, 5.41) is 1.30. The van der Waals surface area contributed by atoms with Crippen molar-refractivity contribution in [2.75, 3.05) is 7.11 Å². The first-order valence-electron chi connectivity index (χ1n) is 9.26. The Kier molecular flexibility index (Phi) is 5.28. The Morgan fingerprint density at radius 2 is 1.80 bits per heavy atom. The molecule has 1 aliphatic rings. The maximum absolute atomic E-state index is 13.0. The monoisotopic (exact) mass is 491 g/mol. The highest BCUT2D eigenvalue weighted by molar-refractivity contribution is 9.10. The van der Waals surface area contributed by atoms with E-state index in [2.05, 4.69) is 20.9 Å². The number of cyclic esters (lactones) is 2. The smallest absolute Gasteiger partial charge is 0.324 e. The van der Waals surface area contributed by atoms with Crippen molar-refractivity contribution in [3.05, 3.63) is 63.2 Å². The van der Waals surface area contributed by atoms with Crippen LogP contribution in [0.2, 0.25) is 5.02 Å². The van der Waals surface area contributed by atoms with Crippen LogP contribution in [0.1, 0.15) is 30.9 Å². The quantitative estimate of drug-likeness (QED) is 0.401. The fourth-order valence-electron chi connectivity index (χ4n) is 3.91. The predicted octanol–water partition coefficient (Wildman–Crippen LogP) is 5.18. The van der Waals surface area contributed by atoms with Gasteiger partial charge >= 0.3 is 11.9 Å². The zero-order valence-electron chi connectivity index (χ0n) is 16.5. The molecule has 0 unspecified atom stereocenters. The Hall–Kier alpha value is -2.51. The molecule has 0 amide bonds. The fraction of sp³-hybridized carbons (Fsp3) is 0.273.